The van der Waals surface area contributed by atoms with Gasteiger partial charge in [0.1, 0.15) is 0 Å². The molecule has 1 aliphatic rings. The number of fused-ring (bicyclic) bond motifs is 2. The van der Waals surface area contributed by atoms with E-state index in [4.69, 9.17) is 0 Å². The minimum atomic E-state index is 0.122. The van der Waals surface area contributed by atoms with Crippen molar-refractivity contribution >= 4 is 44.9 Å². The fraction of sp³-hybridized carbons (Fsp3) is 0.148. The van der Waals surface area contributed by atoms with Gasteiger partial charge in [-0.15, -0.1) is 0 Å². The minimum absolute atomic E-state index is 0.122. The molecule has 0 fully saturated rings. The highest BCUT2D eigenvalue weighted by molar-refractivity contribution is 6.06. The molecule has 56 heavy (non-hydrogen) atoms. The van der Waals surface area contributed by atoms with Crippen molar-refractivity contribution in [3.8, 4) is 22.3 Å². The molecule has 274 valence electrons. The maximum Gasteiger partial charge on any atom is 0.0540 e. The first-order valence-corrected chi connectivity index (χ1v) is 19.9. The Labute approximate surface area is 332 Å². The summed E-state index contributed by atoms with van der Waals surface area (Å²) in [6.07, 6.45) is 2.39. The summed E-state index contributed by atoms with van der Waals surface area (Å²) in [4.78, 5) is 4.80. The van der Waals surface area contributed by atoms with Crippen molar-refractivity contribution in [2.75, 3.05) is 9.80 Å². The van der Waals surface area contributed by atoms with Gasteiger partial charge in [0.25, 0.3) is 0 Å². The molecule has 0 atom stereocenters. The fourth-order valence-corrected chi connectivity index (χ4v) is 8.72. The van der Waals surface area contributed by atoms with E-state index in [-0.39, 0.29) is 10.8 Å². The van der Waals surface area contributed by atoms with Gasteiger partial charge in [-0.1, -0.05) is 155 Å². The van der Waals surface area contributed by atoms with Gasteiger partial charge in [-0.2, -0.15) is 0 Å². The van der Waals surface area contributed by atoms with Crippen LogP contribution in [0, 0.1) is 0 Å². The Balaban J connectivity index is 1.11. The Morgan fingerprint density at radius 3 is 1.52 bits per heavy atom. The Hall–Kier alpha value is -6.38. The van der Waals surface area contributed by atoms with E-state index in [2.05, 4.69) is 232 Å². The Morgan fingerprint density at radius 2 is 0.839 bits per heavy atom. The molecule has 0 saturated carbocycles. The topological polar surface area (TPSA) is 6.48 Å². The molecule has 0 aromatic heterocycles. The largest absolute Gasteiger partial charge is 0.310 e. The quantitative estimate of drug-likeness (QED) is 0.154. The van der Waals surface area contributed by atoms with Gasteiger partial charge in [-0.25, -0.2) is 0 Å². The summed E-state index contributed by atoms with van der Waals surface area (Å²) >= 11 is 0. The molecule has 0 spiro atoms. The van der Waals surface area contributed by atoms with Crippen LogP contribution in [0.2, 0.25) is 0 Å². The highest BCUT2D eigenvalue weighted by Crippen LogP contribution is 2.49. The Bertz CT molecular complexity index is 2620. The van der Waals surface area contributed by atoms with E-state index < -0.39 is 0 Å². The van der Waals surface area contributed by atoms with Gasteiger partial charge >= 0.3 is 0 Å². The molecule has 0 unspecified atom stereocenters. The first kappa shape index (κ1) is 35.3. The summed E-state index contributed by atoms with van der Waals surface area (Å²) < 4.78 is 0. The molecule has 0 saturated heterocycles. The lowest BCUT2D eigenvalue weighted by atomic mass is 9.63. The zero-order valence-electron chi connectivity index (χ0n) is 32.8. The molecule has 2 heteroatoms. The molecule has 1 aliphatic carbocycles. The summed E-state index contributed by atoms with van der Waals surface area (Å²) in [5, 5.41) is 2.45. The van der Waals surface area contributed by atoms with Crippen molar-refractivity contribution in [2.24, 2.45) is 0 Å². The first-order chi connectivity index (χ1) is 27.3. The van der Waals surface area contributed by atoms with Crippen molar-refractivity contribution in [3.05, 3.63) is 205 Å². The van der Waals surface area contributed by atoms with Gasteiger partial charge in [0.15, 0.2) is 0 Å². The molecule has 0 aliphatic heterocycles. The van der Waals surface area contributed by atoms with Gasteiger partial charge in [-0.05, 0) is 129 Å². The lowest BCUT2D eigenvalue weighted by Crippen LogP contribution is -2.34. The third-order valence-electron chi connectivity index (χ3n) is 11.9. The smallest absolute Gasteiger partial charge is 0.0540 e. The summed E-state index contributed by atoms with van der Waals surface area (Å²) in [6.45, 7) is 9.60. The van der Waals surface area contributed by atoms with Crippen molar-refractivity contribution < 1.29 is 0 Å². The molecule has 0 heterocycles. The number of anilines is 6. The van der Waals surface area contributed by atoms with Crippen molar-refractivity contribution in [1.29, 1.82) is 0 Å². The van der Waals surface area contributed by atoms with Crippen molar-refractivity contribution in [1.82, 2.24) is 0 Å². The van der Waals surface area contributed by atoms with Crippen LogP contribution >= 0.6 is 0 Å². The first-order valence-electron chi connectivity index (χ1n) is 19.9. The minimum Gasteiger partial charge on any atom is -0.310 e. The lowest BCUT2D eigenvalue weighted by Gasteiger charge is -2.42. The van der Waals surface area contributed by atoms with E-state index in [9.17, 15) is 0 Å². The van der Waals surface area contributed by atoms with Crippen molar-refractivity contribution in [3.63, 3.8) is 0 Å². The molecule has 8 aromatic carbocycles. The molecule has 0 radical (unpaired) electrons. The molecular weight excluding hydrogens is 677 g/mol. The molecule has 0 N–H and O–H groups in total. The Kier molecular flexibility index (Phi) is 9.06. The second-order valence-corrected chi connectivity index (χ2v) is 16.5. The van der Waals surface area contributed by atoms with Gasteiger partial charge in [0.2, 0.25) is 0 Å². The summed E-state index contributed by atoms with van der Waals surface area (Å²) in [5.74, 6) is 0. The van der Waals surface area contributed by atoms with E-state index in [1.807, 2.05) is 0 Å². The van der Waals surface area contributed by atoms with Crippen LogP contribution in [-0.4, -0.2) is 0 Å². The zero-order valence-corrected chi connectivity index (χ0v) is 32.8. The number of rotatable bonds is 8. The zero-order chi connectivity index (χ0) is 38.3. The van der Waals surface area contributed by atoms with Gasteiger partial charge in [0, 0.05) is 33.8 Å². The molecule has 0 bridgehead atoms. The van der Waals surface area contributed by atoms with E-state index in [0.29, 0.717) is 0 Å². The maximum atomic E-state index is 2.46. The van der Waals surface area contributed by atoms with E-state index in [0.717, 1.165) is 28.4 Å². The lowest BCUT2D eigenvalue weighted by molar-refractivity contribution is 0.332. The van der Waals surface area contributed by atoms with Crippen LogP contribution in [0.25, 0.3) is 33.0 Å². The van der Waals surface area contributed by atoms with Crippen LogP contribution in [0.15, 0.2) is 194 Å². The summed E-state index contributed by atoms with van der Waals surface area (Å²) in [6, 6.07) is 70.7. The molecular formula is C54H48N2. The SMILES string of the molecule is CC1(C)CCC(C)(C)c2cc(N(c3ccccc3)c3cccc(-c4ccc(N(c5ccccc5)c5ccc(-c6ccccc6)c6ccccc56)cc4)c3)ccc21. The summed E-state index contributed by atoms with van der Waals surface area (Å²) in [5.41, 5.74) is 14.9. The Morgan fingerprint density at radius 1 is 0.339 bits per heavy atom. The van der Waals surface area contributed by atoms with Gasteiger partial charge < -0.3 is 9.80 Å². The second kappa shape index (κ2) is 14.4. The third kappa shape index (κ3) is 6.56. The molecule has 0 amide bonds. The number of hydrogen-bond acceptors (Lipinski definition) is 2. The highest BCUT2D eigenvalue weighted by atomic mass is 15.1. The third-order valence-corrected chi connectivity index (χ3v) is 11.9. The van der Waals surface area contributed by atoms with E-state index >= 15 is 0 Å². The van der Waals surface area contributed by atoms with Gasteiger partial charge in [0.05, 0.1) is 5.69 Å². The second-order valence-electron chi connectivity index (χ2n) is 16.5. The normalized spacial score (nSPS) is 14.2. The number of hydrogen-bond donors (Lipinski definition) is 0. The average molecular weight is 725 g/mol. The van der Waals surface area contributed by atoms with Crippen molar-refractivity contribution in [2.45, 2.75) is 51.4 Å². The van der Waals surface area contributed by atoms with E-state index in [1.54, 1.807) is 0 Å². The standard InChI is InChI=1S/C54H48N2/c1-53(2)35-36-54(3,4)51-38-46(31-33-50(51)53)55(42-20-10-6-11-21-42)45-24-16-19-41(37-45)39-27-29-44(30-28-39)56(43-22-12-7-13-23-43)52-34-32-47(40-17-8-5-9-18-40)48-25-14-15-26-49(48)52/h5-34,37-38H,35-36H2,1-4H3. The number of benzene rings is 8. The predicted molar refractivity (Wildman–Crippen MR) is 239 cm³/mol. The number of para-hydroxylation sites is 2. The molecule has 9 rings (SSSR count). The van der Waals surface area contributed by atoms with Crippen LogP contribution in [0.1, 0.15) is 51.7 Å². The van der Waals surface area contributed by atoms with Crippen LogP contribution in [0.3, 0.4) is 0 Å². The molecule has 8 aromatic rings. The average Bonchev–Trinajstić information content (AvgIpc) is 3.24. The van der Waals surface area contributed by atoms with Crippen LogP contribution in [0.4, 0.5) is 34.1 Å². The van der Waals surface area contributed by atoms with Gasteiger partial charge in [-0.3, -0.25) is 0 Å². The van der Waals surface area contributed by atoms with Crippen LogP contribution in [-0.2, 0) is 10.8 Å². The predicted octanol–water partition coefficient (Wildman–Crippen LogP) is 15.5. The number of nitrogens with zero attached hydrogens (tertiary/aromatic N) is 2. The highest BCUT2D eigenvalue weighted by Gasteiger charge is 2.37. The maximum absolute atomic E-state index is 2.46. The van der Waals surface area contributed by atoms with Crippen LogP contribution in [0.5, 0.6) is 0 Å². The fourth-order valence-electron chi connectivity index (χ4n) is 8.72. The monoisotopic (exact) mass is 724 g/mol. The molecule has 2 nitrogen and oxygen atoms in total. The summed E-state index contributed by atoms with van der Waals surface area (Å²) in [7, 11) is 0. The van der Waals surface area contributed by atoms with E-state index in [1.165, 1.54) is 62.7 Å². The van der Waals surface area contributed by atoms with Crippen LogP contribution < -0.4 is 9.80 Å².